The third kappa shape index (κ3) is 2.94. The van der Waals surface area contributed by atoms with E-state index in [0.717, 1.165) is 5.56 Å². The van der Waals surface area contributed by atoms with Gasteiger partial charge in [-0.1, -0.05) is 30.3 Å². The summed E-state index contributed by atoms with van der Waals surface area (Å²) in [4.78, 5) is 12.5. The highest BCUT2D eigenvalue weighted by Crippen LogP contribution is 2.15. The molecule has 2 rings (SSSR count). The normalized spacial score (nSPS) is 21.3. The molecule has 0 spiro atoms. The maximum absolute atomic E-state index is 11.3. The van der Waals surface area contributed by atoms with E-state index in [1.807, 2.05) is 30.3 Å². The molecule has 90 valence electrons. The quantitative estimate of drug-likeness (QED) is 0.749. The monoisotopic (exact) mass is 251 g/mol. The van der Waals surface area contributed by atoms with Gasteiger partial charge in [0.05, 0.1) is 11.8 Å². The highest BCUT2D eigenvalue weighted by atomic mass is 32.2. The van der Waals surface area contributed by atoms with Crippen LogP contribution in [0.25, 0.3) is 0 Å². The number of hydrogen-bond donors (Lipinski definition) is 0. The van der Waals surface area contributed by atoms with Gasteiger partial charge in [-0.05, 0) is 11.6 Å². The van der Waals surface area contributed by atoms with Crippen molar-refractivity contribution in [2.75, 3.05) is 5.75 Å². The van der Waals surface area contributed by atoms with Gasteiger partial charge in [0.2, 0.25) is 6.41 Å². The Bertz CT molecular complexity index is 522. The van der Waals surface area contributed by atoms with Crippen molar-refractivity contribution in [3.63, 3.8) is 0 Å². The van der Waals surface area contributed by atoms with Crippen LogP contribution < -0.4 is 0 Å². The van der Waals surface area contributed by atoms with Crippen LogP contribution in [-0.2, 0) is 21.2 Å². The van der Waals surface area contributed by atoms with Crippen molar-refractivity contribution in [2.24, 2.45) is 0 Å². The van der Waals surface area contributed by atoms with Crippen LogP contribution in [0.4, 0.5) is 0 Å². The SMILES string of the molecule is O=CN(Cc1ccccc1)C1C=CS(=O)(=O)C1. The minimum absolute atomic E-state index is 0.0153. The molecule has 1 heterocycles. The lowest BCUT2D eigenvalue weighted by Crippen LogP contribution is -2.34. The number of sulfone groups is 1. The van der Waals surface area contributed by atoms with E-state index in [9.17, 15) is 13.2 Å². The topological polar surface area (TPSA) is 54.5 Å². The molecule has 5 heteroatoms. The Morgan fingerprint density at radius 2 is 2.00 bits per heavy atom. The number of carbonyl (C=O) groups is 1. The van der Waals surface area contributed by atoms with E-state index in [-0.39, 0.29) is 11.8 Å². The molecule has 1 amide bonds. The molecule has 0 saturated heterocycles. The highest BCUT2D eigenvalue weighted by molar-refractivity contribution is 7.94. The van der Waals surface area contributed by atoms with Crippen LogP contribution in [0.1, 0.15) is 5.56 Å². The van der Waals surface area contributed by atoms with Crippen molar-refractivity contribution in [1.82, 2.24) is 4.90 Å². The van der Waals surface area contributed by atoms with Crippen molar-refractivity contribution in [3.8, 4) is 0 Å². The Morgan fingerprint density at radius 3 is 2.53 bits per heavy atom. The molecule has 1 unspecified atom stereocenters. The van der Waals surface area contributed by atoms with Gasteiger partial charge in [0, 0.05) is 12.0 Å². The van der Waals surface area contributed by atoms with Gasteiger partial charge in [0.1, 0.15) is 0 Å². The highest BCUT2D eigenvalue weighted by Gasteiger charge is 2.26. The second-order valence-electron chi connectivity index (χ2n) is 3.99. The lowest BCUT2D eigenvalue weighted by molar-refractivity contribution is -0.119. The van der Waals surface area contributed by atoms with Gasteiger partial charge >= 0.3 is 0 Å². The predicted octanol–water partition coefficient (Wildman–Crippen LogP) is 0.956. The van der Waals surface area contributed by atoms with E-state index in [0.29, 0.717) is 13.0 Å². The van der Waals surface area contributed by atoms with Gasteiger partial charge in [-0.3, -0.25) is 4.79 Å². The summed E-state index contributed by atoms with van der Waals surface area (Å²) in [5, 5.41) is 1.18. The molecule has 0 bridgehead atoms. The van der Waals surface area contributed by atoms with Gasteiger partial charge < -0.3 is 4.90 Å². The average molecular weight is 251 g/mol. The summed E-state index contributed by atoms with van der Waals surface area (Å²) in [7, 11) is -3.12. The van der Waals surface area contributed by atoms with Gasteiger partial charge in [-0.15, -0.1) is 0 Å². The third-order valence-corrected chi connectivity index (χ3v) is 4.06. The van der Waals surface area contributed by atoms with Crippen molar-refractivity contribution < 1.29 is 13.2 Å². The maximum atomic E-state index is 11.3. The zero-order valence-electron chi connectivity index (χ0n) is 9.19. The largest absolute Gasteiger partial charge is 0.333 e. The fourth-order valence-electron chi connectivity index (χ4n) is 1.79. The molecule has 17 heavy (non-hydrogen) atoms. The first-order valence-electron chi connectivity index (χ1n) is 5.27. The lowest BCUT2D eigenvalue weighted by Gasteiger charge is -2.22. The van der Waals surface area contributed by atoms with Gasteiger partial charge in [0.25, 0.3) is 0 Å². The fraction of sp³-hybridized carbons (Fsp3) is 0.250. The van der Waals surface area contributed by atoms with Gasteiger partial charge in [-0.25, -0.2) is 8.42 Å². The van der Waals surface area contributed by atoms with Crippen LogP contribution in [0.2, 0.25) is 0 Å². The first-order valence-corrected chi connectivity index (χ1v) is 6.98. The Morgan fingerprint density at radius 1 is 1.29 bits per heavy atom. The number of carbonyl (C=O) groups excluding carboxylic acids is 1. The second kappa shape index (κ2) is 4.71. The van der Waals surface area contributed by atoms with E-state index in [1.165, 1.54) is 10.3 Å². The summed E-state index contributed by atoms with van der Waals surface area (Å²) in [5.74, 6) is -0.0153. The number of amides is 1. The van der Waals surface area contributed by atoms with Gasteiger partial charge in [-0.2, -0.15) is 0 Å². The number of nitrogens with zero attached hydrogens (tertiary/aromatic N) is 1. The van der Waals surface area contributed by atoms with Crippen LogP contribution in [0.5, 0.6) is 0 Å². The van der Waals surface area contributed by atoms with Crippen molar-refractivity contribution >= 4 is 16.2 Å². The molecule has 4 nitrogen and oxygen atoms in total. The first-order chi connectivity index (χ1) is 8.11. The predicted molar refractivity (Wildman–Crippen MR) is 64.8 cm³/mol. The van der Waals surface area contributed by atoms with Crippen LogP contribution in [0.3, 0.4) is 0 Å². The fourth-order valence-corrected chi connectivity index (χ4v) is 3.10. The van der Waals surface area contributed by atoms with Crippen LogP contribution in [-0.4, -0.2) is 31.5 Å². The molecule has 0 radical (unpaired) electrons. The maximum Gasteiger partial charge on any atom is 0.210 e. The van der Waals surface area contributed by atoms with Crippen LogP contribution >= 0.6 is 0 Å². The van der Waals surface area contributed by atoms with E-state index in [4.69, 9.17) is 0 Å². The molecular formula is C12H13NO3S. The third-order valence-electron chi connectivity index (χ3n) is 2.68. The Labute approximate surface area is 100 Å². The molecule has 1 aliphatic rings. The summed E-state index contributed by atoms with van der Waals surface area (Å²) in [6, 6.07) is 9.14. The zero-order chi connectivity index (χ0) is 12.3. The average Bonchev–Trinajstić information content (AvgIpc) is 2.68. The number of rotatable bonds is 4. The molecule has 0 aromatic heterocycles. The Kier molecular flexibility index (Phi) is 3.28. The molecule has 1 aromatic rings. The van der Waals surface area contributed by atoms with Gasteiger partial charge in [0.15, 0.2) is 9.84 Å². The van der Waals surface area contributed by atoms with E-state index in [2.05, 4.69) is 0 Å². The van der Waals surface area contributed by atoms with Crippen molar-refractivity contribution in [1.29, 1.82) is 0 Å². The molecule has 1 aromatic carbocycles. The number of benzene rings is 1. The molecular weight excluding hydrogens is 238 g/mol. The molecule has 1 atom stereocenters. The molecule has 0 fully saturated rings. The smallest absolute Gasteiger partial charge is 0.210 e. The molecule has 0 aliphatic carbocycles. The van der Waals surface area contributed by atoms with E-state index in [1.54, 1.807) is 6.08 Å². The summed E-state index contributed by atoms with van der Waals surface area (Å²) in [5.41, 5.74) is 0.984. The standard InChI is InChI=1S/C12H13NO3S/c14-10-13(8-11-4-2-1-3-5-11)12-6-7-17(15,16)9-12/h1-7,10,12H,8-9H2. The summed E-state index contributed by atoms with van der Waals surface area (Å²) in [6.07, 6.45) is 2.26. The zero-order valence-corrected chi connectivity index (χ0v) is 10.0. The molecule has 0 saturated carbocycles. The summed E-state index contributed by atoms with van der Waals surface area (Å²) in [6.45, 7) is 0.425. The summed E-state index contributed by atoms with van der Waals surface area (Å²) < 4.78 is 22.6. The van der Waals surface area contributed by atoms with Crippen LogP contribution in [0.15, 0.2) is 41.8 Å². The Balaban J connectivity index is 2.09. The van der Waals surface area contributed by atoms with E-state index >= 15 is 0 Å². The molecule has 1 aliphatic heterocycles. The Hall–Kier alpha value is -1.62. The second-order valence-corrected chi connectivity index (χ2v) is 5.92. The minimum atomic E-state index is -3.12. The van der Waals surface area contributed by atoms with Crippen molar-refractivity contribution in [3.05, 3.63) is 47.4 Å². The van der Waals surface area contributed by atoms with Crippen molar-refractivity contribution in [2.45, 2.75) is 12.6 Å². The molecule has 0 N–H and O–H groups in total. The summed E-state index contributed by atoms with van der Waals surface area (Å²) >= 11 is 0. The first kappa shape index (κ1) is 11.9. The van der Waals surface area contributed by atoms with E-state index < -0.39 is 9.84 Å². The number of hydrogen-bond acceptors (Lipinski definition) is 3. The van der Waals surface area contributed by atoms with Crippen LogP contribution in [0, 0.1) is 0 Å². The minimum Gasteiger partial charge on any atom is -0.333 e. The lowest BCUT2D eigenvalue weighted by atomic mass is 10.2.